The molecule has 0 fully saturated rings. The van der Waals surface area contributed by atoms with Gasteiger partial charge in [0.15, 0.2) is 0 Å². The molecule has 1 aromatic carbocycles. The smallest absolute Gasteiger partial charge is 0.277 e. The van der Waals surface area contributed by atoms with Crippen molar-refractivity contribution in [2.75, 3.05) is 20.1 Å². The molecule has 1 aromatic rings. The Hall–Kier alpha value is -1.95. The number of carbonyl (C=O) groups excluding carboxylic acids is 2. The molecule has 0 heterocycles. The van der Waals surface area contributed by atoms with Gasteiger partial charge in [0.05, 0.1) is 14.2 Å². The van der Waals surface area contributed by atoms with Crippen molar-refractivity contribution < 1.29 is 19.1 Å². The number of benzene rings is 1. The number of methoxy groups -OCH3 is 2. The van der Waals surface area contributed by atoms with E-state index in [1.54, 1.807) is 18.2 Å². The van der Waals surface area contributed by atoms with Gasteiger partial charge in [-0.05, 0) is 12.1 Å². The zero-order valence-electron chi connectivity index (χ0n) is 9.95. The minimum Gasteiger partial charge on any atom is -0.496 e. The molecule has 0 atom stereocenters. The van der Waals surface area contributed by atoms with Crippen LogP contribution in [0.3, 0.4) is 0 Å². The second kappa shape index (κ2) is 6.70. The molecule has 2 amide bonds. The summed E-state index contributed by atoms with van der Waals surface area (Å²) in [7, 11) is 2.87. The fourth-order valence-corrected chi connectivity index (χ4v) is 1.36. The lowest BCUT2D eigenvalue weighted by Gasteiger charge is -2.12. The minimum atomic E-state index is -0.553. The number of carbonyl (C=O) groups is 2. The van der Waals surface area contributed by atoms with Crippen LogP contribution in [0, 0.1) is 0 Å². The number of alkyl halides is 1. The fourth-order valence-electron chi connectivity index (χ4n) is 1.30. The molecule has 98 valence electrons. The Morgan fingerprint density at radius 2 is 1.72 bits per heavy atom. The lowest BCUT2D eigenvalue weighted by atomic mass is 10.1. The van der Waals surface area contributed by atoms with E-state index in [9.17, 15) is 9.59 Å². The van der Waals surface area contributed by atoms with Gasteiger partial charge in [-0.1, -0.05) is 6.07 Å². The Morgan fingerprint density at radius 1 is 1.17 bits per heavy atom. The molecule has 0 aromatic heterocycles. The maximum absolute atomic E-state index is 11.9. The van der Waals surface area contributed by atoms with Crippen LogP contribution in [0.2, 0.25) is 0 Å². The summed E-state index contributed by atoms with van der Waals surface area (Å²) in [5, 5.41) is 0. The lowest BCUT2D eigenvalue weighted by molar-refractivity contribution is -0.119. The molecule has 0 aliphatic carbocycles. The molecule has 6 nitrogen and oxygen atoms in total. The zero-order valence-corrected chi connectivity index (χ0v) is 10.7. The van der Waals surface area contributed by atoms with Crippen molar-refractivity contribution in [2.45, 2.75) is 0 Å². The summed E-state index contributed by atoms with van der Waals surface area (Å²) in [6, 6.07) is 4.91. The van der Waals surface area contributed by atoms with Crippen LogP contribution in [0.5, 0.6) is 11.5 Å². The Kier molecular flexibility index (Phi) is 5.26. The highest BCUT2D eigenvalue weighted by Gasteiger charge is 2.18. The van der Waals surface area contributed by atoms with Gasteiger partial charge < -0.3 is 9.47 Å². The third kappa shape index (κ3) is 3.27. The Bertz CT molecular complexity index is 428. The normalized spacial score (nSPS) is 9.50. The topological polar surface area (TPSA) is 76.7 Å². The van der Waals surface area contributed by atoms with Crippen LogP contribution in [0.1, 0.15) is 10.4 Å². The van der Waals surface area contributed by atoms with Gasteiger partial charge in [0, 0.05) is 0 Å². The predicted molar refractivity (Wildman–Crippen MR) is 65.9 cm³/mol. The maximum Gasteiger partial charge on any atom is 0.277 e. The number of halogens is 1. The van der Waals surface area contributed by atoms with E-state index in [1.807, 2.05) is 0 Å². The van der Waals surface area contributed by atoms with Crippen LogP contribution in [0.15, 0.2) is 18.2 Å². The van der Waals surface area contributed by atoms with Crippen LogP contribution >= 0.6 is 11.6 Å². The van der Waals surface area contributed by atoms with Gasteiger partial charge in [0.1, 0.15) is 22.9 Å². The Balaban J connectivity index is 2.93. The number of hydrazine groups is 1. The molecule has 0 spiro atoms. The van der Waals surface area contributed by atoms with Gasteiger partial charge >= 0.3 is 0 Å². The SMILES string of the molecule is COc1cccc(OC)c1C(=O)NNC(=O)CCl. The third-order valence-corrected chi connectivity index (χ3v) is 2.33. The number of hydrogen-bond acceptors (Lipinski definition) is 4. The maximum atomic E-state index is 11.9. The van der Waals surface area contributed by atoms with E-state index in [2.05, 4.69) is 10.9 Å². The average Bonchev–Trinajstić information content (AvgIpc) is 2.43. The van der Waals surface area contributed by atoms with Gasteiger partial charge in [-0.15, -0.1) is 11.6 Å². The molecule has 0 unspecified atom stereocenters. The van der Waals surface area contributed by atoms with Crippen molar-refractivity contribution in [1.29, 1.82) is 0 Å². The number of hydrogen-bond donors (Lipinski definition) is 2. The van der Waals surface area contributed by atoms with E-state index in [4.69, 9.17) is 21.1 Å². The average molecular weight is 273 g/mol. The summed E-state index contributed by atoms with van der Waals surface area (Å²) in [5.41, 5.74) is 4.56. The first kappa shape index (κ1) is 14.1. The molecule has 1 rings (SSSR count). The number of nitrogens with one attached hydrogen (secondary N) is 2. The van der Waals surface area contributed by atoms with E-state index >= 15 is 0 Å². The second-order valence-electron chi connectivity index (χ2n) is 3.17. The predicted octanol–water partition coefficient (Wildman–Crippen LogP) is 0.704. The van der Waals surface area contributed by atoms with E-state index in [0.717, 1.165) is 0 Å². The van der Waals surface area contributed by atoms with Gasteiger partial charge in [-0.2, -0.15) is 0 Å². The Labute approximate surface area is 109 Å². The van der Waals surface area contributed by atoms with Crippen molar-refractivity contribution in [3.63, 3.8) is 0 Å². The van der Waals surface area contributed by atoms with Gasteiger partial charge in [-0.25, -0.2) is 0 Å². The van der Waals surface area contributed by atoms with Gasteiger partial charge in [0.25, 0.3) is 11.8 Å². The molecule has 0 aliphatic rings. The van der Waals surface area contributed by atoms with E-state index in [0.29, 0.717) is 11.5 Å². The molecule has 0 aliphatic heterocycles. The molecule has 0 saturated carbocycles. The molecule has 18 heavy (non-hydrogen) atoms. The van der Waals surface area contributed by atoms with Gasteiger partial charge in [0.2, 0.25) is 0 Å². The quantitative estimate of drug-likeness (QED) is 0.625. The first-order valence-corrected chi connectivity index (χ1v) is 5.53. The van der Waals surface area contributed by atoms with Crippen LogP contribution < -0.4 is 20.3 Å². The zero-order chi connectivity index (χ0) is 13.5. The highest BCUT2D eigenvalue weighted by Crippen LogP contribution is 2.27. The monoisotopic (exact) mass is 272 g/mol. The number of rotatable bonds is 4. The van der Waals surface area contributed by atoms with Crippen molar-refractivity contribution in [2.24, 2.45) is 0 Å². The molecular weight excluding hydrogens is 260 g/mol. The van der Waals surface area contributed by atoms with Crippen LogP contribution in [-0.2, 0) is 4.79 Å². The van der Waals surface area contributed by atoms with E-state index < -0.39 is 11.8 Å². The fraction of sp³-hybridized carbons (Fsp3) is 0.273. The van der Waals surface area contributed by atoms with E-state index in [-0.39, 0.29) is 11.4 Å². The lowest BCUT2D eigenvalue weighted by Crippen LogP contribution is -2.42. The first-order chi connectivity index (χ1) is 8.63. The Morgan fingerprint density at radius 3 is 2.17 bits per heavy atom. The summed E-state index contributed by atoms with van der Waals surface area (Å²) in [6.07, 6.45) is 0. The summed E-state index contributed by atoms with van der Waals surface area (Å²) in [6.45, 7) is 0. The molecule has 0 radical (unpaired) electrons. The van der Waals surface area contributed by atoms with Crippen LogP contribution in [0.25, 0.3) is 0 Å². The van der Waals surface area contributed by atoms with E-state index in [1.165, 1.54) is 14.2 Å². The molecule has 0 bridgehead atoms. The van der Waals surface area contributed by atoms with Crippen LogP contribution in [-0.4, -0.2) is 31.9 Å². The number of ether oxygens (including phenoxy) is 2. The summed E-state index contributed by atoms with van der Waals surface area (Å²) < 4.78 is 10.1. The van der Waals surface area contributed by atoms with Gasteiger partial charge in [-0.3, -0.25) is 20.4 Å². The summed E-state index contributed by atoms with van der Waals surface area (Å²) in [5.74, 6) is -0.635. The highest BCUT2D eigenvalue weighted by atomic mass is 35.5. The second-order valence-corrected chi connectivity index (χ2v) is 3.44. The largest absolute Gasteiger partial charge is 0.496 e. The van der Waals surface area contributed by atoms with Crippen LogP contribution in [0.4, 0.5) is 0 Å². The minimum absolute atomic E-state index is 0.192. The molecule has 2 N–H and O–H groups in total. The first-order valence-electron chi connectivity index (χ1n) is 5.00. The van der Waals surface area contributed by atoms with Crippen molar-refractivity contribution >= 4 is 23.4 Å². The summed E-state index contributed by atoms with van der Waals surface area (Å²) >= 11 is 5.29. The third-order valence-electron chi connectivity index (χ3n) is 2.09. The molecular formula is C11H13ClN2O4. The summed E-state index contributed by atoms with van der Waals surface area (Å²) in [4.78, 5) is 22.8. The highest BCUT2D eigenvalue weighted by molar-refractivity contribution is 6.27. The number of amides is 2. The molecule has 7 heteroatoms. The van der Waals surface area contributed by atoms with Crippen molar-refractivity contribution in [1.82, 2.24) is 10.9 Å². The van der Waals surface area contributed by atoms with Crippen molar-refractivity contribution in [3.05, 3.63) is 23.8 Å². The van der Waals surface area contributed by atoms with Crippen molar-refractivity contribution in [3.8, 4) is 11.5 Å². The standard InChI is InChI=1S/C11H13ClN2O4/c1-17-7-4-3-5-8(18-2)10(7)11(16)14-13-9(15)6-12/h3-5H,6H2,1-2H3,(H,13,15)(H,14,16). The molecule has 0 saturated heterocycles.